The first-order valence-electron chi connectivity index (χ1n) is 12.3. The molecule has 1 unspecified atom stereocenters. The second kappa shape index (κ2) is 11.7. The van der Waals surface area contributed by atoms with Crippen molar-refractivity contribution in [3.8, 4) is 0 Å². The first kappa shape index (κ1) is 29.5. The monoisotopic (exact) mass is 492 g/mol. The van der Waals surface area contributed by atoms with Gasteiger partial charge in [0.25, 0.3) is 0 Å². The van der Waals surface area contributed by atoms with Crippen molar-refractivity contribution < 1.29 is 22.8 Å². The summed E-state index contributed by atoms with van der Waals surface area (Å²) in [7, 11) is -3.45. The molecule has 1 aliphatic rings. The summed E-state index contributed by atoms with van der Waals surface area (Å²) in [5, 5.41) is 0. The van der Waals surface area contributed by atoms with E-state index in [9.17, 15) is 0 Å². The van der Waals surface area contributed by atoms with Crippen LogP contribution in [0.4, 0.5) is 0 Å². The van der Waals surface area contributed by atoms with Crippen LogP contribution < -0.4 is 0 Å². The van der Waals surface area contributed by atoms with Gasteiger partial charge in [-0.15, -0.1) is 0 Å². The van der Waals surface area contributed by atoms with Crippen molar-refractivity contribution >= 4 is 25.0 Å². The standard InChI is InChI=1S/C23H52O5Si3/c1-13-31(14-2,15-3)27-21-17-22(28-30(10,11)12)25-20(23(21,4)5)16-19(18-24-6)26-29(7,8)9/h19-22H,13-18H2,1-12H3/t19-,20+,21+,22?/m0/s1. The Labute approximate surface area is 196 Å². The van der Waals surface area contributed by atoms with Crippen molar-refractivity contribution in [2.45, 2.75) is 129 Å². The van der Waals surface area contributed by atoms with E-state index in [1.54, 1.807) is 7.11 Å². The molecular weight excluding hydrogens is 441 g/mol. The average molecular weight is 493 g/mol. The van der Waals surface area contributed by atoms with Gasteiger partial charge in [0.05, 0.1) is 24.9 Å². The Kier molecular flexibility index (Phi) is 11.2. The van der Waals surface area contributed by atoms with Crippen LogP contribution in [0.3, 0.4) is 0 Å². The number of hydrogen-bond donors (Lipinski definition) is 0. The molecule has 0 aromatic carbocycles. The van der Waals surface area contributed by atoms with E-state index < -0.39 is 25.0 Å². The molecule has 1 saturated heterocycles. The van der Waals surface area contributed by atoms with E-state index >= 15 is 0 Å². The second-order valence-electron chi connectivity index (χ2n) is 11.7. The highest BCUT2D eigenvalue weighted by atomic mass is 28.4. The molecule has 0 spiro atoms. The summed E-state index contributed by atoms with van der Waals surface area (Å²) in [6.07, 6.45) is 1.57. The smallest absolute Gasteiger partial charge is 0.192 e. The van der Waals surface area contributed by atoms with Crippen LogP contribution in [-0.2, 0) is 22.8 Å². The van der Waals surface area contributed by atoms with Crippen molar-refractivity contribution in [2.24, 2.45) is 5.41 Å². The van der Waals surface area contributed by atoms with Gasteiger partial charge >= 0.3 is 0 Å². The molecule has 0 saturated carbocycles. The Morgan fingerprint density at radius 3 is 1.87 bits per heavy atom. The average Bonchev–Trinajstić information content (AvgIpc) is 2.61. The third kappa shape index (κ3) is 9.31. The third-order valence-electron chi connectivity index (χ3n) is 6.54. The van der Waals surface area contributed by atoms with Crippen molar-refractivity contribution in [3.63, 3.8) is 0 Å². The first-order valence-corrected chi connectivity index (χ1v) is 21.6. The lowest BCUT2D eigenvalue weighted by atomic mass is 9.75. The van der Waals surface area contributed by atoms with Gasteiger partial charge in [-0.05, 0) is 57.4 Å². The Morgan fingerprint density at radius 2 is 1.45 bits per heavy atom. The number of rotatable bonds is 13. The summed E-state index contributed by atoms with van der Waals surface area (Å²) in [6, 6.07) is 3.47. The Balaban J connectivity index is 3.20. The second-order valence-corrected chi connectivity index (χ2v) is 25.4. The summed E-state index contributed by atoms with van der Waals surface area (Å²) >= 11 is 0. The number of hydrogen-bond acceptors (Lipinski definition) is 5. The molecule has 0 aromatic rings. The molecule has 186 valence electrons. The summed E-state index contributed by atoms with van der Waals surface area (Å²) in [6.45, 7) is 25.5. The van der Waals surface area contributed by atoms with Gasteiger partial charge in [0.2, 0.25) is 0 Å². The van der Waals surface area contributed by atoms with Crippen LogP contribution in [-0.4, -0.2) is 63.3 Å². The molecule has 0 aromatic heterocycles. The predicted molar refractivity (Wildman–Crippen MR) is 138 cm³/mol. The van der Waals surface area contributed by atoms with E-state index in [0.29, 0.717) is 6.61 Å². The van der Waals surface area contributed by atoms with Gasteiger partial charge in [-0.3, -0.25) is 0 Å². The van der Waals surface area contributed by atoms with Crippen molar-refractivity contribution in [2.75, 3.05) is 13.7 Å². The van der Waals surface area contributed by atoms with Crippen LogP contribution in [0.25, 0.3) is 0 Å². The van der Waals surface area contributed by atoms with Crippen LogP contribution >= 0.6 is 0 Å². The SMILES string of the molecule is CC[Si](CC)(CC)O[C@@H]1CC(O[Si](C)(C)C)O[C@H](C[C@@H](COC)O[Si](C)(C)C)C1(C)C. The van der Waals surface area contributed by atoms with Gasteiger partial charge in [0.1, 0.15) is 0 Å². The molecule has 1 fully saturated rings. The molecule has 1 rings (SSSR count). The van der Waals surface area contributed by atoms with Crippen molar-refractivity contribution in [1.82, 2.24) is 0 Å². The zero-order valence-corrected chi connectivity index (χ0v) is 25.6. The van der Waals surface area contributed by atoms with Crippen LogP contribution in [0, 0.1) is 5.41 Å². The minimum atomic E-state index is -1.75. The lowest BCUT2D eigenvalue weighted by molar-refractivity contribution is -0.235. The lowest BCUT2D eigenvalue weighted by Crippen LogP contribution is -2.58. The maximum Gasteiger partial charge on any atom is 0.192 e. The van der Waals surface area contributed by atoms with E-state index in [2.05, 4.69) is 73.9 Å². The third-order valence-corrected chi connectivity index (χ3v) is 13.2. The normalized spacial score (nSPS) is 26.1. The minimum Gasteiger partial charge on any atom is -0.413 e. The molecule has 5 nitrogen and oxygen atoms in total. The van der Waals surface area contributed by atoms with Crippen LogP contribution in [0.2, 0.25) is 57.4 Å². The highest BCUT2D eigenvalue weighted by Crippen LogP contribution is 2.44. The molecule has 4 atom stereocenters. The van der Waals surface area contributed by atoms with E-state index in [-0.39, 0.29) is 30.0 Å². The molecular formula is C23H52O5Si3. The molecule has 0 aliphatic carbocycles. The van der Waals surface area contributed by atoms with Crippen LogP contribution in [0.1, 0.15) is 47.5 Å². The largest absolute Gasteiger partial charge is 0.413 e. The highest BCUT2D eigenvalue weighted by Gasteiger charge is 2.50. The number of ether oxygens (including phenoxy) is 2. The van der Waals surface area contributed by atoms with Gasteiger partial charge in [0.15, 0.2) is 31.2 Å². The topological polar surface area (TPSA) is 46.2 Å². The first-order chi connectivity index (χ1) is 14.1. The fraction of sp³-hybridized carbons (Fsp3) is 1.00. The van der Waals surface area contributed by atoms with Gasteiger partial charge in [-0.2, -0.15) is 0 Å². The van der Waals surface area contributed by atoms with E-state index in [0.717, 1.165) is 31.0 Å². The van der Waals surface area contributed by atoms with E-state index in [1.807, 2.05) is 0 Å². The minimum absolute atomic E-state index is 0.00127. The zero-order chi connectivity index (χ0) is 24.1. The molecule has 31 heavy (non-hydrogen) atoms. The zero-order valence-electron chi connectivity index (χ0n) is 22.6. The van der Waals surface area contributed by atoms with E-state index in [4.69, 9.17) is 22.8 Å². The number of methoxy groups -OCH3 is 1. The molecule has 8 heteroatoms. The molecule has 1 heterocycles. The molecule has 0 radical (unpaired) electrons. The van der Waals surface area contributed by atoms with Crippen LogP contribution in [0.15, 0.2) is 0 Å². The van der Waals surface area contributed by atoms with E-state index in [1.165, 1.54) is 0 Å². The summed E-state index contributed by atoms with van der Waals surface area (Å²) in [4.78, 5) is 0. The Bertz CT molecular complexity index is 518. The quantitative estimate of drug-likeness (QED) is 0.270. The maximum absolute atomic E-state index is 7.09. The van der Waals surface area contributed by atoms with Gasteiger partial charge in [-0.1, -0.05) is 34.6 Å². The fourth-order valence-corrected chi connectivity index (χ4v) is 9.61. The lowest BCUT2D eigenvalue weighted by Gasteiger charge is -2.51. The fourth-order valence-electron chi connectivity index (χ4n) is 4.51. The van der Waals surface area contributed by atoms with Gasteiger partial charge in [-0.25, -0.2) is 0 Å². The van der Waals surface area contributed by atoms with Crippen LogP contribution in [0.5, 0.6) is 0 Å². The van der Waals surface area contributed by atoms with Gasteiger partial charge < -0.3 is 22.8 Å². The summed E-state index contributed by atoms with van der Waals surface area (Å²) in [5.41, 5.74) is -0.119. The highest BCUT2D eigenvalue weighted by molar-refractivity contribution is 6.73. The summed E-state index contributed by atoms with van der Waals surface area (Å²) < 4.78 is 32.2. The Hall–Kier alpha value is 0.451. The molecule has 0 amide bonds. The van der Waals surface area contributed by atoms with Crippen molar-refractivity contribution in [3.05, 3.63) is 0 Å². The predicted octanol–water partition coefficient (Wildman–Crippen LogP) is 6.63. The molecule has 0 N–H and O–H groups in total. The summed E-state index contributed by atoms with van der Waals surface area (Å²) in [5.74, 6) is 0. The van der Waals surface area contributed by atoms with Crippen molar-refractivity contribution in [1.29, 1.82) is 0 Å². The molecule has 1 aliphatic heterocycles. The van der Waals surface area contributed by atoms with Gasteiger partial charge in [0, 0.05) is 25.4 Å². The molecule has 0 bridgehead atoms. The maximum atomic E-state index is 7.09. The Morgan fingerprint density at radius 1 is 0.903 bits per heavy atom.